The van der Waals surface area contributed by atoms with Crippen molar-refractivity contribution in [1.82, 2.24) is 5.32 Å². The summed E-state index contributed by atoms with van der Waals surface area (Å²) in [6.07, 6.45) is 4.54. The van der Waals surface area contributed by atoms with Gasteiger partial charge in [-0.1, -0.05) is 6.42 Å². The van der Waals surface area contributed by atoms with E-state index in [9.17, 15) is 0 Å². The van der Waals surface area contributed by atoms with Gasteiger partial charge in [-0.2, -0.15) is 5.10 Å². The quantitative estimate of drug-likeness (QED) is 0.223. The van der Waals surface area contributed by atoms with Crippen molar-refractivity contribution in [3.05, 3.63) is 0 Å². The maximum absolute atomic E-state index is 5.49. The van der Waals surface area contributed by atoms with Crippen molar-refractivity contribution in [3.63, 3.8) is 0 Å². The molecule has 1 fully saturated rings. The molecule has 0 aromatic carbocycles. The molecule has 1 saturated heterocycles. The van der Waals surface area contributed by atoms with E-state index in [1.807, 2.05) is 0 Å². The fourth-order valence-corrected chi connectivity index (χ4v) is 1.40. The molecule has 4 heteroatoms. The summed E-state index contributed by atoms with van der Waals surface area (Å²) in [6.45, 7) is 1.10. The molecule has 1 rings (SSSR count). The molecule has 0 bridgehead atoms. The lowest BCUT2D eigenvalue weighted by atomic mass is 10.0. The van der Waals surface area contributed by atoms with Crippen LogP contribution in [0.2, 0.25) is 0 Å². The van der Waals surface area contributed by atoms with Crippen LogP contribution in [0, 0.1) is 0 Å². The van der Waals surface area contributed by atoms with Crippen LogP contribution in [-0.2, 0) is 0 Å². The summed E-state index contributed by atoms with van der Waals surface area (Å²) in [7, 11) is 0. The van der Waals surface area contributed by atoms with E-state index in [1.165, 1.54) is 19.3 Å². The van der Waals surface area contributed by atoms with E-state index in [2.05, 4.69) is 10.4 Å². The summed E-state index contributed by atoms with van der Waals surface area (Å²) in [5.41, 5.74) is 5.49. The number of nitrogens with one attached hydrogen (secondary N) is 1. The van der Waals surface area contributed by atoms with Gasteiger partial charge in [0.15, 0.2) is 0 Å². The summed E-state index contributed by atoms with van der Waals surface area (Å²) in [5.74, 6) is 5.57. The van der Waals surface area contributed by atoms with E-state index < -0.39 is 0 Å². The molecule has 64 valence electrons. The van der Waals surface area contributed by atoms with Gasteiger partial charge < -0.3 is 16.9 Å². The van der Waals surface area contributed by atoms with Crippen LogP contribution in [0.1, 0.15) is 25.7 Å². The van der Waals surface area contributed by atoms with Gasteiger partial charge >= 0.3 is 0 Å². The van der Waals surface area contributed by atoms with Crippen LogP contribution in [0.3, 0.4) is 0 Å². The number of hydrazone groups is 1. The number of amidine groups is 1. The maximum Gasteiger partial charge on any atom is 0.120 e. The molecule has 0 aromatic heterocycles. The number of hydrogen-bond acceptors (Lipinski definition) is 3. The molecular weight excluding hydrogens is 140 g/mol. The summed E-state index contributed by atoms with van der Waals surface area (Å²) in [6, 6.07) is 0.496. The van der Waals surface area contributed by atoms with Crippen molar-refractivity contribution < 1.29 is 0 Å². The number of piperidine rings is 1. The van der Waals surface area contributed by atoms with Gasteiger partial charge in [-0.05, 0) is 19.4 Å². The predicted octanol–water partition coefficient (Wildman–Crippen LogP) is -0.251. The highest BCUT2D eigenvalue weighted by molar-refractivity contribution is 5.80. The summed E-state index contributed by atoms with van der Waals surface area (Å²) >= 11 is 0. The number of nitrogens with two attached hydrogens (primary N) is 2. The standard InChI is InChI=1S/C7H16N4/c8-7(11-9)5-6-3-1-2-4-10-6/h6,10H,1-5,9H2,(H2,8,11). The summed E-state index contributed by atoms with van der Waals surface area (Å²) in [4.78, 5) is 0. The Bertz CT molecular complexity index is 137. The van der Waals surface area contributed by atoms with E-state index >= 15 is 0 Å². The number of rotatable bonds is 2. The Balaban J connectivity index is 2.24. The van der Waals surface area contributed by atoms with Gasteiger partial charge in [-0.15, -0.1) is 0 Å². The molecule has 4 nitrogen and oxygen atoms in total. The average Bonchev–Trinajstić information content (AvgIpc) is 2.06. The largest absolute Gasteiger partial charge is 0.386 e. The van der Waals surface area contributed by atoms with Crippen molar-refractivity contribution in [1.29, 1.82) is 0 Å². The van der Waals surface area contributed by atoms with Gasteiger partial charge in [-0.3, -0.25) is 0 Å². The topological polar surface area (TPSA) is 76.4 Å². The zero-order valence-corrected chi connectivity index (χ0v) is 6.71. The second-order valence-electron chi connectivity index (χ2n) is 2.97. The SMILES string of the molecule is N/N=C(\N)CC1CCCCN1. The minimum Gasteiger partial charge on any atom is -0.386 e. The first-order valence-corrected chi connectivity index (χ1v) is 4.08. The molecule has 0 aromatic rings. The third-order valence-electron chi connectivity index (χ3n) is 2.03. The highest BCUT2D eigenvalue weighted by Gasteiger charge is 2.13. The Hall–Kier alpha value is -0.770. The second kappa shape index (κ2) is 4.18. The molecular formula is C7H16N4. The van der Waals surface area contributed by atoms with E-state index in [1.54, 1.807) is 0 Å². The highest BCUT2D eigenvalue weighted by Crippen LogP contribution is 2.09. The van der Waals surface area contributed by atoms with Gasteiger partial charge in [-0.25, -0.2) is 0 Å². The fraction of sp³-hybridized carbons (Fsp3) is 0.857. The molecule has 1 aliphatic rings. The fourth-order valence-electron chi connectivity index (χ4n) is 1.40. The third kappa shape index (κ3) is 2.76. The Labute approximate surface area is 67.0 Å². The Kier molecular flexibility index (Phi) is 3.16. The first-order chi connectivity index (χ1) is 5.33. The Morgan fingerprint density at radius 1 is 1.55 bits per heavy atom. The third-order valence-corrected chi connectivity index (χ3v) is 2.03. The summed E-state index contributed by atoms with van der Waals surface area (Å²) in [5, 5.41) is 6.80. The monoisotopic (exact) mass is 156 g/mol. The molecule has 0 aliphatic carbocycles. The lowest BCUT2D eigenvalue weighted by molar-refractivity contribution is 0.409. The van der Waals surface area contributed by atoms with Crippen molar-refractivity contribution in [2.24, 2.45) is 16.7 Å². The van der Waals surface area contributed by atoms with E-state index in [0.717, 1.165) is 13.0 Å². The van der Waals surface area contributed by atoms with Crippen LogP contribution < -0.4 is 16.9 Å². The van der Waals surface area contributed by atoms with Crippen molar-refractivity contribution in [2.45, 2.75) is 31.7 Å². The van der Waals surface area contributed by atoms with Crippen molar-refractivity contribution in [2.75, 3.05) is 6.54 Å². The second-order valence-corrected chi connectivity index (χ2v) is 2.97. The molecule has 0 spiro atoms. The minimum absolute atomic E-state index is 0.496. The van der Waals surface area contributed by atoms with Gasteiger partial charge in [0.2, 0.25) is 0 Å². The molecule has 0 saturated carbocycles. The molecule has 5 N–H and O–H groups in total. The smallest absolute Gasteiger partial charge is 0.120 e. The molecule has 1 heterocycles. The molecule has 1 unspecified atom stereocenters. The van der Waals surface area contributed by atoms with E-state index in [-0.39, 0.29) is 0 Å². The first-order valence-electron chi connectivity index (χ1n) is 4.08. The molecule has 0 amide bonds. The van der Waals surface area contributed by atoms with Gasteiger partial charge in [0.05, 0.1) is 0 Å². The summed E-state index contributed by atoms with van der Waals surface area (Å²) < 4.78 is 0. The van der Waals surface area contributed by atoms with E-state index in [4.69, 9.17) is 11.6 Å². The van der Waals surface area contributed by atoms with Crippen molar-refractivity contribution >= 4 is 5.84 Å². The van der Waals surface area contributed by atoms with Crippen LogP contribution in [0.15, 0.2) is 5.10 Å². The van der Waals surface area contributed by atoms with Crippen molar-refractivity contribution in [3.8, 4) is 0 Å². The van der Waals surface area contributed by atoms with Crippen LogP contribution in [-0.4, -0.2) is 18.4 Å². The number of hydrogen-bond donors (Lipinski definition) is 3. The number of nitrogens with zero attached hydrogens (tertiary/aromatic N) is 1. The van der Waals surface area contributed by atoms with Crippen LogP contribution in [0.5, 0.6) is 0 Å². The normalized spacial score (nSPS) is 26.9. The van der Waals surface area contributed by atoms with Crippen LogP contribution in [0.4, 0.5) is 0 Å². The molecule has 1 atom stereocenters. The van der Waals surface area contributed by atoms with E-state index in [0.29, 0.717) is 11.9 Å². The predicted molar refractivity (Wildman–Crippen MR) is 46.1 cm³/mol. The minimum atomic E-state index is 0.496. The van der Waals surface area contributed by atoms with Gasteiger partial charge in [0, 0.05) is 12.5 Å². The molecule has 11 heavy (non-hydrogen) atoms. The highest BCUT2D eigenvalue weighted by atomic mass is 15.2. The molecule has 1 aliphatic heterocycles. The lowest BCUT2D eigenvalue weighted by Gasteiger charge is -2.22. The van der Waals surface area contributed by atoms with Crippen LogP contribution >= 0.6 is 0 Å². The van der Waals surface area contributed by atoms with Gasteiger partial charge in [0.1, 0.15) is 5.84 Å². The maximum atomic E-state index is 5.49. The lowest BCUT2D eigenvalue weighted by Crippen LogP contribution is -2.37. The molecule has 0 radical (unpaired) electrons. The van der Waals surface area contributed by atoms with Crippen LogP contribution in [0.25, 0.3) is 0 Å². The zero-order chi connectivity index (χ0) is 8.10. The van der Waals surface area contributed by atoms with Gasteiger partial charge in [0.25, 0.3) is 0 Å². The Morgan fingerprint density at radius 2 is 2.36 bits per heavy atom. The Morgan fingerprint density at radius 3 is 2.91 bits per heavy atom. The average molecular weight is 156 g/mol. The zero-order valence-electron chi connectivity index (χ0n) is 6.71. The first kappa shape index (κ1) is 8.33.